The summed E-state index contributed by atoms with van der Waals surface area (Å²) in [5.41, 5.74) is 1.84. The summed E-state index contributed by atoms with van der Waals surface area (Å²) in [6, 6.07) is 1.88. The molecular weight excluding hydrogens is 322 g/mol. The van der Waals surface area contributed by atoms with Gasteiger partial charge >= 0.3 is 0 Å². The van der Waals surface area contributed by atoms with Gasteiger partial charge in [-0.3, -0.25) is 4.79 Å². The fourth-order valence-electron chi connectivity index (χ4n) is 2.81. The molecule has 0 spiro atoms. The Labute approximate surface area is 146 Å². The van der Waals surface area contributed by atoms with Gasteiger partial charge in [0.1, 0.15) is 17.4 Å². The predicted molar refractivity (Wildman–Crippen MR) is 91.2 cm³/mol. The first-order chi connectivity index (χ1) is 12.1. The van der Waals surface area contributed by atoms with Crippen LogP contribution >= 0.6 is 0 Å². The van der Waals surface area contributed by atoms with Gasteiger partial charge in [0.25, 0.3) is 0 Å². The van der Waals surface area contributed by atoms with Crippen LogP contribution in [0.5, 0.6) is 0 Å². The number of aryl methyl sites for hydroxylation is 2. The minimum absolute atomic E-state index is 0.0413. The summed E-state index contributed by atoms with van der Waals surface area (Å²) >= 11 is 0. The Bertz CT molecular complexity index is 705. The Balaban J connectivity index is 1.50. The summed E-state index contributed by atoms with van der Waals surface area (Å²) in [7, 11) is 0. The van der Waals surface area contributed by atoms with Crippen molar-refractivity contribution in [3.05, 3.63) is 35.1 Å². The predicted octanol–water partition coefficient (Wildman–Crippen LogP) is 1.17. The van der Waals surface area contributed by atoms with E-state index in [-0.39, 0.29) is 5.91 Å². The van der Waals surface area contributed by atoms with E-state index in [1.807, 2.05) is 19.9 Å². The van der Waals surface area contributed by atoms with E-state index in [2.05, 4.69) is 25.3 Å². The second kappa shape index (κ2) is 8.06. The highest BCUT2D eigenvalue weighted by Gasteiger charge is 2.14. The van der Waals surface area contributed by atoms with Crippen LogP contribution in [-0.2, 0) is 22.5 Å². The van der Waals surface area contributed by atoms with Crippen molar-refractivity contribution >= 4 is 11.7 Å². The highest BCUT2D eigenvalue weighted by Crippen LogP contribution is 2.14. The highest BCUT2D eigenvalue weighted by molar-refractivity contribution is 5.76. The number of anilines is 1. The lowest BCUT2D eigenvalue weighted by atomic mass is 10.1. The van der Waals surface area contributed by atoms with Crippen LogP contribution in [0.3, 0.4) is 0 Å². The van der Waals surface area contributed by atoms with Crippen LogP contribution in [0.1, 0.15) is 29.3 Å². The zero-order valence-corrected chi connectivity index (χ0v) is 14.6. The van der Waals surface area contributed by atoms with Gasteiger partial charge in [-0.15, -0.1) is 0 Å². The van der Waals surface area contributed by atoms with Crippen molar-refractivity contribution in [3.63, 3.8) is 0 Å². The maximum Gasteiger partial charge on any atom is 0.220 e. The van der Waals surface area contributed by atoms with Crippen LogP contribution in [0.15, 0.2) is 16.8 Å². The molecule has 0 aliphatic carbocycles. The molecule has 1 aliphatic heterocycles. The second-order valence-corrected chi connectivity index (χ2v) is 6.01. The molecule has 0 saturated carbocycles. The number of carbonyl (C=O) groups excluding carboxylic acids is 1. The first-order valence-corrected chi connectivity index (χ1v) is 8.46. The minimum Gasteiger partial charge on any atom is -0.378 e. The largest absolute Gasteiger partial charge is 0.378 e. The van der Waals surface area contributed by atoms with E-state index in [1.54, 1.807) is 6.20 Å². The zero-order valence-electron chi connectivity index (χ0n) is 14.6. The molecule has 25 heavy (non-hydrogen) atoms. The number of hydrogen-bond acceptors (Lipinski definition) is 7. The molecular formula is C17H23N5O3. The number of hydrogen-bond donors (Lipinski definition) is 1. The van der Waals surface area contributed by atoms with Gasteiger partial charge in [-0.2, -0.15) is 0 Å². The molecule has 0 unspecified atom stereocenters. The van der Waals surface area contributed by atoms with Crippen molar-refractivity contribution in [2.75, 3.05) is 31.2 Å². The molecule has 0 radical (unpaired) electrons. The van der Waals surface area contributed by atoms with Crippen molar-refractivity contribution in [3.8, 4) is 0 Å². The van der Waals surface area contributed by atoms with Gasteiger partial charge in [0.2, 0.25) is 5.91 Å². The molecule has 2 aromatic heterocycles. The third kappa shape index (κ3) is 4.54. The monoisotopic (exact) mass is 345 g/mol. The summed E-state index contributed by atoms with van der Waals surface area (Å²) < 4.78 is 10.5. The Hall–Kier alpha value is -2.48. The number of nitrogens with one attached hydrogen (secondary N) is 1. The van der Waals surface area contributed by atoms with Gasteiger partial charge in [0.05, 0.1) is 25.5 Å². The second-order valence-electron chi connectivity index (χ2n) is 6.01. The topological polar surface area (TPSA) is 93.4 Å². The molecule has 1 amide bonds. The molecule has 1 saturated heterocycles. The first-order valence-electron chi connectivity index (χ1n) is 8.46. The van der Waals surface area contributed by atoms with Crippen LogP contribution in [0.4, 0.5) is 5.82 Å². The summed E-state index contributed by atoms with van der Waals surface area (Å²) in [5, 5.41) is 6.77. The molecule has 8 heteroatoms. The zero-order chi connectivity index (χ0) is 17.6. The Morgan fingerprint density at radius 2 is 2.12 bits per heavy atom. The maximum atomic E-state index is 12.1. The molecule has 134 valence electrons. The van der Waals surface area contributed by atoms with E-state index >= 15 is 0 Å². The van der Waals surface area contributed by atoms with Gasteiger partial charge in [-0.05, 0) is 26.3 Å². The Morgan fingerprint density at radius 3 is 2.84 bits per heavy atom. The average Bonchev–Trinajstić information content (AvgIpc) is 2.97. The lowest BCUT2D eigenvalue weighted by molar-refractivity contribution is -0.121. The quantitative estimate of drug-likeness (QED) is 0.840. The van der Waals surface area contributed by atoms with E-state index in [1.165, 1.54) is 0 Å². The summed E-state index contributed by atoms with van der Waals surface area (Å²) in [4.78, 5) is 23.0. The fourth-order valence-corrected chi connectivity index (χ4v) is 2.81. The van der Waals surface area contributed by atoms with Gasteiger partial charge in [-0.1, -0.05) is 5.16 Å². The van der Waals surface area contributed by atoms with Crippen molar-refractivity contribution in [1.82, 2.24) is 20.4 Å². The summed E-state index contributed by atoms with van der Waals surface area (Å²) in [5.74, 6) is 2.21. The van der Waals surface area contributed by atoms with Crippen LogP contribution < -0.4 is 10.2 Å². The molecule has 0 aromatic carbocycles. The fraction of sp³-hybridized carbons (Fsp3) is 0.529. The highest BCUT2D eigenvalue weighted by atomic mass is 16.5. The lowest BCUT2D eigenvalue weighted by Gasteiger charge is -2.27. The number of ether oxygens (including phenoxy) is 1. The SMILES string of the molecule is Cc1noc(C)c1CCC(=O)NCc1nccc(N2CCOCC2)n1. The van der Waals surface area contributed by atoms with Crippen LogP contribution in [0.25, 0.3) is 0 Å². The Kier molecular flexibility index (Phi) is 5.60. The van der Waals surface area contributed by atoms with Crippen molar-refractivity contribution in [1.29, 1.82) is 0 Å². The van der Waals surface area contributed by atoms with Gasteiger partial charge < -0.3 is 19.5 Å². The molecule has 3 heterocycles. The van der Waals surface area contributed by atoms with E-state index < -0.39 is 0 Å². The van der Waals surface area contributed by atoms with Gasteiger partial charge in [0, 0.05) is 31.3 Å². The molecule has 2 aromatic rings. The number of nitrogens with zero attached hydrogens (tertiary/aromatic N) is 4. The molecule has 1 N–H and O–H groups in total. The molecule has 0 bridgehead atoms. The smallest absolute Gasteiger partial charge is 0.220 e. The summed E-state index contributed by atoms with van der Waals surface area (Å²) in [6.45, 7) is 7.11. The van der Waals surface area contributed by atoms with E-state index in [4.69, 9.17) is 9.26 Å². The van der Waals surface area contributed by atoms with Crippen molar-refractivity contribution < 1.29 is 14.1 Å². The molecule has 3 rings (SSSR count). The van der Waals surface area contributed by atoms with E-state index in [9.17, 15) is 4.79 Å². The van der Waals surface area contributed by atoms with E-state index in [0.717, 1.165) is 35.9 Å². The standard InChI is InChI=1S/C17H23N5O3/c1-12-14(13(2)25-21-12)3-4-17(23)19-11-15-18-6-5-16(20-15)22-7-9-24-10-8-22/h5-6H,3-4,7-11H2,1-2H3,(H,19,23). The molecule has 8 nitrogen and oxygen atoms in total. The third-order valence-corrected chi connectivity index (χ3v) is 4.25. The number of morpholine rings is 1. The third-order valence-electron chi connectivity index (χ3n) is 4.25. The van der Waals surface area contributed by atoms with Gasteiger partial charge in [-0.25, -0.2) is 9.97 Å². The average molecular weight is 345 g/mol. The number of carbonyl (C=O) groups is 1. The Morgan fingerprint density at radius 1 is 1.32 bits per heavy atom. The summed E-state index contributed by atoms with van der Waals surface area (Å²) in [6.07, 6.45) is 2.72. The maximum absolute atomic E-state index is 12.1. The van der Waals surface area contributed by atoms with Crippen LogP contribution in [-0.4, -0.2) is 47.3 Å². The van der Waals surface area contributed by atoms with Gasteiger partial charge in [0.15, 0.2) is 0 Å². The van der Waals surface area contributed by atoms with Crippen LogP contribution in [0.2, 0.25) is 0 Å². The van der Waals surface area contributed by atoms with Crippen molar-refractivity contribution in [2.24, 2.45) is 0 Å². The minimum atomic E-state index is -0.0413. The number of amides is 1. The number of rotatable bonds is 6. The lowest BCUT2D eigenvalue weighted by Crippen LogP contribution is -2.37. The van der Waals surface area contributed by atoms with E-state index in [0.29, 0.717) is 38.4 Å². The first kappa shape index (κ1) is 17.3. The molecule has 1 aliphatic rings. The number of aromatic nitrogens is 3. The molecule has 0 atom stereocenters. The van der Waals surface area contributed by atoms with Crippen LogP contribution in [0, 0.1) is 13.8 Å². The normalized spacial score (nSPS) is 14.6. The van der Waals surface area contributed by atoms with Crippen molar-refractivity contribution in [2.45, 2.75) is 33.2 Å². The molecule has 1 fully saturated rings.